The summed E-state index contributed by atoms with van der Waals surface area (Å²) < 4.78 is 18.2. The Labute approximate surface area is 196 Å². The van der Waals surface area contributed by atoms with Crippen LogP contribution in [0.3, 0.4) is 0 Å². The SMILES string of the molecule is COc1ccc(N2C[C@H](C(=O)Nc3ccccc3C(=O)NCc3ccc(F)cc3)CC2=O)cc1. The molecule has 0 bridgehead atoms. The van der Waals surface area contributed by atoms with Crippen molar-refractivity contribution in [3.8, 4) is 5.75 Å². The van der Waals surface area contributed by atoms with E-state index in [2.05, 4.69) is 10.6 Å². The molecular weight excluding hydrogens is 437 g/mol. The van der Waals surface area contributed by atoms with Gasteiger partial charge in [0.15, 0.2) is 0 Å². The van der Waals surface area contributed by atoms with Crippen LogP contribution in [-0.2, 0) is 16.1 Å². The molecule has 4 rings (SSSR count). The lowest BCUT2D eigenvalue weighted by molar-refractivity contribution is -0.122. The molecule has 8 heteroatoms. The summed E-state index contributed by atoms with van der Waals surface area (Å²) >= 11 is 0. The molecule has 0 aromatic heterocycles. The molecule has 1 atom stereocenters. The number of amides is 3. The molecule has 1 fully saturated rings. The Bertz CT molecular complexity index is 1200. The van der Waals surface area contributed by atoms with Gasteiger partial charge in [-0.2, -0.15) is 0 Å². The first-order valence-corrected chi connectivity index (χ1v) is 10.8. The van der Waals surface area contributed by atoms with Gasteiger partial charge in [0.2, 0.25) is 11.8 Å². The van der Waals surface area contributed by atoms with Crippen LogP contribution < -0.4 is 20.3 Å². The van der Waals surface area contributed by atoms with Gasteiger partial charge in [0.1, 0.15) is 11.6 Å². The maximum absolute atomic E-state index is 13.1. The predicted molar refractivity (Wildman–Crippen MR) is 126 cm³/mol. The summed E-state index contributed by atoms with van der Waals surface area (Å²) in [6.07, 6.45) is 0.0802. The molecule has 34 heavy (non-hydrogen) atoms. The average molecular weight is 461 g/mol. The molecule has 3 aromatic carbocycles. The van der Waals surface area contributed by atoms with Crippen LogP contribution in [0.4, 0.5) is 15.8 Å². The fourth-order valence-corrected chi connectivity index (χ4v) is 3.80. The number of carbonyl (C=O) groups is 3. The molecule has 1 heterocycles. The molecule has 2 N–H and O–H groups in total. The van der Waals surface area contributed by atoms with Crippen molar-refractivity contribution in [2.24, 2.45) is 5.92 Å². The quantitative estimate of drug-likeness (QED) is 0.561. The summed E-state index contributed by atoms with van der Waals surface area (Å²) in [5, 5.41) is 5.58. The Morgan fingerprint density at radius 3 is 2.44 bits per heavy atom. The van der Waals surface area contributed by atoms with Gasteiger partial charge in [-0.3, -0.25) is 14.4 Å². The Morgan fingerprint density at radius 2 is 1.74 bits per heavy atom. The number of hydrogen-bond acceptors (Lipinski definition) is 4. The first-order chi connectivity index (χ1) is 16.4. The van der Waals surface area contributed by atoms with E-state index in [9.17, 15) is 18.8 Å². The standard InChI is InChI=1S/C26H24FN3O4/c1-34-21-12-10-20(11-13-21)30-16-18(14-24(30)31)25(32)29-23-5-3-2-4-22(23)26(33)28-15-17-6-8-19(27)9-7-17/h2-13,18H,14-16H2,1H3,(H,28,33)(H,29,32)/t18-/m1/s1. The fourth-order valence-electron chi connectivity index (χ4n) is 3.80. The van der Waals surface area contributed by atoms with E-state index in [1.165, 1.54) is 12.1 Å². The molecule has 0 saturated carbocycles. The van der Waals surface area contributed by atoms with Crippen molar-refractivity contribution < 1.29 is 23.5 Å². The molecule has 0 unspecified atom stereocenters. The summed E-state index contributed by atoms with van der Waals surface area (Å²) in [6.45, 7) is 0.464. The second-order valence-electron chi connectivity index (χ2n) is 7.95. The summed E-state index contributed by atoms with van der Waals surface area (Å²) in [5.74, 6) is -1.07. The van der Waals surface area contributed by atoms with E-state index >= 15 is 0 Å². The van der Waals surface area contributed by atoms with Gasteiger partial charge in [-0.1, -0.05) is 24.3 Å². The van der Waals surface area contributed by atoms with E-state index in [4.69, 9.17) is 4.74 Å². The summed E-state index contributed by atoms with van der Waals surface area (Å²) in [4.78, 5) is 39.8. The van der Waals surface area contributed by atoms with E-state index in [-0.39, 0.29) is 43.0 Å². The highest BCUT2D eigenvalue weighted by Gasteiger charge is 2.35. The third kappa shape index (κ3) is 5.23. The average Bonchev–Trinajstić information content (AvgIpc) is 3.25. The second-order valence-corrected chi connectivity index (χ2v) is 7.95. The minimum Gasteiger partial charge on any atom is -0.497 e. The van der Waals surface area contributed by atoms with Crippen LogP contribution >= 0.6 is 0 Å². The van der Waals surface area contributed by atoms with Crippen LogP contribution in [0.5, 0.6) is 5.75 Å². The Morgan fingerprint density at radius 1 is 1.03 bits per heavy atom. The van der Waals surface area contributed by atoms with Crippen molar-refractivity contribution >= 4 is 29.1 Å². The normalized spacial score (nSPS) is 15.2. The van der Waals surface area contributed by atoms with Crippen molar-refractivity contribution in [1.29, 1.82) is 0 Å². The van der Waals surface area contributed by atoms with E-state index in [1.54, 1.807) is 72.7 Å². The van der Waals surface area contributed by atoms with Gasteiger partial charge in [0, 0.05) is 25.2 Å². The zero-order chi connectivity index (χ0) is 24.1. The molecular formula is C26H24FN3O4. The minimum atomic E-state index is -0.551. The fraction of sp³-hybridized carbons (Fsp3) is 0.192. The van der Waals surface area contributed by atoms with Crippen LogP contribution in [0.2, 0.25) is 0 Å². The number of anilines is 2. The molecule has 3 aromatic rings. The van der Waals surface area contributed by atoms with E-state index in [0.717, 1.165) is 5.56 Å². The van der Waals surface area contributed by atoms with Crippen molar-refractivity contribution in [3.05, 3.63) is 89.7 Å². The number of halogens is 1. The smallest absolute Gasteiger partial charge is 0.253 e. The van der Waals surface area contributed by atoms with E-state index < -0.39 is 5.92 Å². The first kappa shape index (κ1) is 23.0. The van der Waals surface area contributed by atoms with Crippen molar-refractivity contribution in [1.82, 2.24) is 5.32 Å². The number of ether oxygens (including phenoxy) is 1. The molecule has 174 valence electrons. The summed E-state index contributed by atoms with van der Waals surface area (Å²) in [6, 6.07) is 19.6. The lowest BCUT2D eigenvalue weighted by Crippen LogP contribution is -2.29. The largest absolute Gasteiger partial charge is 0.497 e. The Kier molecular flexibility index (Phi) is 6.87. The number of hydrogen-bond donors (Lipinski definition) is 2. The van der Waals surface area contributed by atoms with Gasteiger partial charge >= 0.3 is 0 Å². The number of para-hydroxylation sites is 1. The molecule has 1 aliphatic rings. The van der Waals surface area contributed by atoms with Gasteiger partial charge in [-0.15, -0.1) is 0 Å². The summed E-state index contributed by atoms with van der Waals surface area (Å²) in [7, 11) is 1.57. The Hall–Kier alpha value is -4.20. The summed E-state index contributed by atoms with van der Waals surface area (Å²) in [5.41, 5.74) is 2.11. The van der Waals surface area contributed by atoms with Crippen LogP contribution in [0, 0.1) is 11.7 Å². The van der Waals surface area contributed by atoms with Gasteiger partial charge in [0.25, 0.3) is 5.91 Å². The van der Waals surface area contributed by atoms with Gasteiger partial charge < -0.3 is 20.3 Å². The zero-order valence-corrected chi connectivity index (χ0v) is 18.6. The maximum Gasteiger partial charge on any atom is 0.253 e. The molecule has 1 saturated heterocycles. The highest BCUT2D eigenvalue weighted by Crippen LogP contribution is 2.28. The third-order valence-electron chi connectivity index (χ3n) is 5.68. The predicted octanol–water partition coefficient (Wildman–Crippen LogP) is 3.76. The number of carbonyl (C=O) groups excluding carboxylic acids is 3. The number of nitrogens with one attached hydrogen (secondary N) is 2. The first-order valence-electron chi connectivity index (χ1n) is 10.8. The molecule has 1 aliphatic heterocycles. The molecule has 0 spiro atoms. The highest BCUT2D eigenvalue weighted by molar-refractivity contribution is 6.07. The lowest BCUT2D eigenvalue weighted by atomic mass is 10.1. The maximum atomic E-state index is 13.1. The van der Waals surface area contributed by atoms with E-state index in [1.807, 2.05) is 0 Å². The zero-order valence-electron chi connectivity index (χ0n) is 18.6. The van der Waals surface area contributed by atoms with Crippen LogP contribution in [-0.4, -0.2) is 31.4 Å². The van der Waals surface area contributed by atoms with Crippen molar-refractivity contribution in [2.75, 3.05) is 23.9 Å². The lowest BCUT2D eigenvalue weighted by Gasteiger charge is -2.17. The number of nitrogens with zero attached hydrogens (tertiary/aromatic N) is 1. The van der Waals surface area contributed by atoms with Crippen LogP contribution in [0.15, 0.2) is 72.8 Å². The van der Waals surface area contributed by atoms with Gasteiger partial charge in [-0.05, 0) is 54.1 Å². The molecule has 3 amide bonds. The van der Waals surface area contributed by atoms with Crippen LogP contribution in [0.25, 0.3) is 0 Å². The number of rotatable bonds is 7. The number of benzene rings is 3. The molecule has 0 radical (unpaired) electrons. The van der Waals surface area contributed by atoms with Gasteiger partial charge in [0.05, 0.1) is 24.3 Å². The van der Waals surface area contributed by atoms with Gasteiger partial charge in [-0.25, -0.2) is 4.39 Å². The minimum absolute atomic E-state index is 0.0802. The van der Waals surface area contributed by atoms with Crippen LogP contribution in [0.1, 0.15) is 22.3 Å². The number of methoxy groups -OCH3 is 1. The van der Waals surface area contributed by atoms with E-state index in [0.29, 0.717) is 22.7 Å². The third-order valence-corrected chi connectivity index (χ3v) is 5.68. The highest BCUT2D eigenvalue weighted by atomic mass is 19.1. The monoisotopic (exact) mass is 461 g/mol. The van der Waals surface area contributed by atoms with Crippen molar-refractivity contribution in [3.63, 3.8) is 0 Å². The topological polar surface area (TPSA) is 87.7 Å². The Balaban J connectivity index is 1.40. The van der Waals surface area contributed by atoms with Crippen molar-refractivity contribution in [2.45, 2.75) is 13.0 Å². The molecule has 0 aliphatic carbocycles. The molecule has 7 nitrogen and oxygen atoms in total. The second kappa shape index (κ2) is 10.2.